The molecule has 25 nitrogen and oxygen atoms in total. The number of fused-ring (bicyclic) bond motifs is 4. The summed E-state index contributed by atoms with van der Waals surface area (Å²) in [5.74, 6) is 4.32. The van der Waals surface area contributed by atoms with Crippen LogP contribution in [-0.2, 0) is 83.0 Å². The lowest BCUT2D eigenvalue weighted by molar-refractivity contribution is -0.438. The van der Waals surface area contributed by atoms with Crippen LogP contribution < -0.4 is 21.5 Å². The molecule has 4 aromatic rings. The molecular weight excluding hydrogens is 1220 g/mol. The predicted molar refractivity (Wildman–Crippen MR) is 312 cm³/mol. The maximum absolute atomic E-state index is 13.0. The number of allylic oxidation sites excluding steroid dienone is 6. The molecule has 3 aromatic carbocycles. The van der Waals surface area contributed by atoms with Crippen LogP contribution in [0.5, 0.6) is 0 Å². The second-order valence-corrected chi connectivity index (χ2v) is 29.5. The van der Waals surface area contributed by atoms with Crippen molar-refractivity contribution in [3.63, 3.8) is 0 Å². The van der Waals surface area contributed by atoms with Gasteiger partial charge in [0, 0.05) is 71.4 Å². The Kier molecular flexibility index (Phi) is 20.7. The summed E-state index contributed by atoms with van der Waals surface area (Å²) in [5, 5.41) is 26.5. The molecule has 0 radical (unpaired) electrons. The fraction of sp³-hybridized carbons (Fsp3) is 0.415. The molecule has 452 valence electrons. The highest BCUT2D eigenvalue weighted by molar-refractivity contribution is 8.11. The van der Waals surface area contributed by atoms with Gasteiger partial charge in [-0.05, 0) is 123 Å². The van der Waals surface area contributed by atoms with Gasteiger partial charge in [0.05, 0.1) is 41.6 Å². The smallest absolute Gasteiger partial charge is 0.481 e. The standard InChI is InChI=1S/C53H62N5O20P3S3/c1-52(2)41-32-39(84(69,70)71)23-26-42(41)56(29-13-7-11-19-48(60)61)44(52)16-8-5-9-17-45-53(3,4)49-40-24-22-38(83-75-74-64)31-35(40)20-25-43(49)57(45)30-12-6-10-18-46(59)54-28-14-15-36-33-58(51(63)55-50(36)62)47-27-21-37(73-47)34-72-81(82)77-79(65,66)76-80(67,68)78-81/h5,8-9,16-17,20,22-26,31-33,37,47H,6-7,10-13,18-19,21,27-30,34H2,1-4H3,(H6-,54,55,59,60,61,62,63,64,65,66,67,68,69,70,71)/p+1/t37-,47+/m0/s1. The fourth-order valence-corrected chi connectivity index (χ4v) is 18.2. The summed E-state index contributed by atoms with van der Waals surface area (Å²) >= 11 is 5.82. The van der Waals surface area contributed by atoms with Gasteiger partial charge in [-0.25, -0.2) is 27.8 Å². The van der Waals surface area contributed by atoms with Crippen LogP contribution in [0.4, 0.5) is 11.4 Å². The van der Waals surface area contributed by atoms with E-state index in [9.17, 15) is 51.1 Å². The molecular formula is C53H63N5O20P3S3+. The average Bonchev–Trinajstić information content (AvgIpc) is 1.78. The first-order chi connectivity index (χ1) is 39.6. The van der Waals surface area contributed by atoms with Crippen LogP contribution >= 0.6 is 34.4 Å². The Morgan fingerprint density at radius 1 is 0.940 bits per heavy atom. The Labute approximate surface area is 492 Å². The van der Waals surface area contributed by atoms with Gasteiger partial charge in [0.2, 0.25) is 11.6 Å². The lowest BCUT2D eigenvalue weighted by Gasteiger charge is -2.30. The number of unbranched alkanes of at least 4 members (excludes halogenated alkanes) is 4. The number of nitrogens with zero attached hydrogens (tertiary/aromatic N) is 3. The van der Waals surface area contributed by atoms with E-state index in [1.54, 1.807) is 6.07 Å². The lowest BCUT2D eigenvalue weighted by Crippen LogP contribution is -2.34. The molecule has 0 aliphatic carbocycles. The van der Waals surface area contributed by atoms with E-state index in [-0.39, 0.29) is 48.6 Å². The number of carbonyl (C=O) groups is 2. The van der Waals surface area contributed by atoms with E-state index in [1.807, 2.05) is 62.4 Å². The van der Waals surface area contributed by atoms with E-state index in [1.165, 1.54) is 18.3 Å². The normalized spacial score (nSPS) is 24.0. The van der Waals surface area contributed by atoms with Gasteiger partial charge in [-0.2, -0.15) is 17.3 Å². The molecule has 1 aromatic heterocycles. The van der Waals surface area contributed by atoms with Crippen molar-refractivity contribution in [3.8, 4) is 11.8 Å². The Morgan fingerprint density at radius 2 is 1.68 bits per heavy atom. The number of carbonyl (C=O) groups excluding carboxylic acids is 1. The predicted octanol–water partition coefficient (Wildman–Crippen LogP) is 9.09. The largest absolute Gasteiger partial charge is 0.488 e. The van der Waals surface area contributed by atoms with Gasteiger partial charge in [0.25, 0.3) is 15.7 Å². The molecule has 8 rings (SSSR count). The molecule has 7 N–H and O–H groups in total. The van der Waals surface area contributed by atoms with E-state index >= 15 is 0 Å². The number of H-pyrrole nitrogens is 1. The molecule has 2 fully saturated rings. The summed E-state index contributed by atoms with van der Waals surface area (Å²) < 4.78 is 90.6. The number of nitrogens with one attached hydrogen (secondary N) is 2. The summed E-state index contributed by atoms with van der Waals surface area (Å²) in [6.45, 7) is 4.77. The van der Waals surface area contributed by atoms with Gasteiger partial charge in [-0.3, -0.25) is 28.5 Å². The molecule has 84 heavy (non-hydrogen) atoms. The summed E-state index contributed by atoms with van der Waals surface area (Å²) in [5.41, 5.74) is 2.80. The van der Waals surface area contributed by atoms with Crippen molar-refractivity contribution in [1.29, 1.82) is 0 Å². The maximum atomic E-state index is 13.0. The third-order valence-corrected chi connectivity index (χ3v) is 22.7. The maximum Gasteiger partial charge on any atom is 0.488 e. The van der Waals surface area contributed by atoms with E-state index < -0.39 is 79.5 Å². The summed E-state index contributed by atoms with van der Waals surface area (Å²) in [6, 6.07) is 14.5. The monoisotopic (exact) mass is 1280 g/mol. The quantitative estimate of drug-likeness (QED) is 0.00395. The number of carboxylic acids is 1. The number of aromatic amines is 1. The molecule has 0 bridgehead atoms. The summed E-state index contributed by atoms with van der Waals surface area (Å²) in [7, 11) is -14.6. The van der Waals surface area contributed by atoms with Crippen LogP contribution in [0.2, 0.25) is 0 Å². The number of aromatic nitrogens is 2. The number of hydrogen-bond acceptors (Lipinski definition) is 19. The van der Waals surface area contributed by atoms with Gasteiger partial charge in [0.15, 0.2) is 5.71 Å². The van der Waals surface area contributed by atoms with Gasteiger partial charge < -0.3 is 34.4 Å². The van der Waals surface area contributed by atoms with Gasteiger partial charge >= 0.3 is 34.0 Å². The number of benzene rings is 3. The molecule has 5 heterocycles. The molecule has 31 heteroatoms. The Balaban J connectivity index is 0.911. The minimum atomic E-state index is -5.05. The van der Waals surface area contributed by atoms with Gasteiger partial charge in [-0.15, -0.1) is 4.33 Å². The number of rotatable bonds is 24. The number of amides is 1. The number of hydrogen-bond donors (Lipinski definition) is 7. The van der Waals surface area contributed by atoms with Gasteiger partial charge in [0.1, 0.15) is 18.3 Å². The molecule has 2 unspecified atom stereocenters. The molecule has 1 amide bonds. The van der Waals surface area contributed by atoms with Crippen LogP contribution in [-0.4, -0.2) is 97.2 Å². The highest BCUT2D eigenvalue weighted by Crippen LogP contribution is 2.80. The third-order valence-electron chi connectivity index (χ3n) is 14.4. The van der Waals surface area contributed by atoms with Crippen LogP contribution in [0.3, 0.4) is 0 Å². The van der Waals surface area contributed by atoms with Crippen LogP contribution in [0.15, 0.2) is 110 Å². The molecule has 0 saturated carbocycles. The molecule has 0 spiro atoms. The van der Waals surface area contributed by atoms with E-state index in [2.05, 4.69) is 75.6 Å². The van der Waals surface area contributed by atoms with E-state index in [4.69, 9.17) is 35.8 Å². The Hall–Kier alpha value is -5.24. The van der Waals surface area contributed by atoms with Crippen molar-refractivity contribution in [1.82, 2.24) is 14.9 Å². The van der Waals surface area contributed by atoms with Crippen molar-refractivity contribution in [3.05, 3.63) is 128 Å². The number of phosphoric acid groups is 2. The van der Waals surface area contributed by atoms with Crippen molar-refractivity contribution < 1.29 is 88.0 Å². The number of carboxylic acid groups (broad SMARTS) is 1. The molecule has 4 aliphatic heterocycles. The second-order valence-electron chi connectivity index (χ2n) is 21.0. The van der Waals surface area contributed by atoms with Crippen LogP contribution in [0.25, 0.3) is 10.8 Å². The minimum absolute atomic E-state index is 0.0670. The zero-order valence-electron chi connectivity index (χ0n) is 45.9. The Bertz CT molecular complexity index is 3780. The first-order valence-corrected chi connectivity index (χ1v) is 34.2. The fourth-order valence-electron chi connectivity index (χ4n) is 10.6. The lowest BCUT2D eigenvalue weighted by atomic mass is 9.79. The average molecular weight is 1280 g/mol. The highest BCUT2D eigenvalue weighted by atomic mass is 32.5. The molecule has 4 atom stereocenters. The zero-order valence-corrected chi connectivity index (χ0v) is 51.0. The minimum Gasteiger partial charge on any atom is -0.481 e. The van der Waals surface area contributed by atoms with Crippen molar-refractivity contribution in [2.45, 2.75) is 125 Å². The number of aliphatic carboxylic acids is 1. The Morgan fingerprint density at radius 3 is 2.40 bits per heavy atom. The second kappa shape index (κ2) is 26.8. The highest BCUT2D eigenvalue weighted by Gasteiger charge is 2.52. The SMILES string of the molecule is CC1(C)C(/C=C/C=C/C=C2/N(CCCCCC(=O)O)c3ccc(S(=O)(=O)O)cc3C2(C)C)=[N+](CCCCCC(=O)NCC#Cc2cn([C@H]3CC[C@@H](COP4(=S)OP(=O)(O)OP(=O)(O)O4)O3)c(=O)[nH]c2=O)c2ccc3cc(SOOO)ccc3c21. The zero-order chi connectivity index (χ0) is 60.8. The van der Waals surface area contributed by atoms with Crippen molar-refractivity contribution in [2.75, 3.05) is 31.1 Å². The number of anilines is 1. The van der Waals surface area contributed by atoms with Crippen molar-refractivity contribution in [2.24, 2.45) is 0 Å². The molecule has 4 aliphatic rings. The topological polar surface area (TPSA) is 341 Å². The summed E-state index contributed by atoms with van der Waals surface area (Å²) in [6.07, 6.45) is 14.1. The number of ether oxygens (including phenoxy) is 1. The molecule has 2 saturated heterocycles. The van der Waals surface area contributed by atoms with E-state index in [0.29, 0.717) is 50.1 Å². The van der Waals surface area contributed by atoms with Crippen molar-refractivity contribution >= 4 is 96.1 Å². The third kappa shape index (κ3) is 15.7. The first kappa shape index (κ1) is 64.8. The first-order valence-electron chi connectivity index (χ1n) is 26.5. The van der Waals surface area contributed by atoms with Crippen LogP contribution in [0, 0.1) is 11.8 Å². The van der Waals surface area contributed by atoms with E-state index in [0.717, 1.165) is 67.7 Å². The van der Waals surface area contributed by atoms with Crippen LogP contribution in [0.1, 0.15) is 115 Å². The summed E-state index contributed by atoms with van der Waals surface area (Å²) in [4.78, 5) is 73.7. The van der Waals surface area contributed by atoms with Gasteiger partial charge in [-0.1, -0.05) is 61.4 Å².